The molecule has 0 bridgehead atoms. The van der Waals surface area contributed by atoms with Gasteiger partial charge in [-0.3, -0.25) is 10.1 Å². The van der Waals surface area contributed by atoms with Crippen LogP contribution in [0.15, 0.2) is 42.6 Å². The van der Waals surface area contributed by atoms with Crippen LogP contribution in [0.3, 0.4) is 0 Å². The highest BCUT2D eigenvalue weighted by atomic mass is 35.5. The first-order valence-corrected chi connectivity index (χ1v) is 7.89. The fraction of sp³-hybridized carbons (Fsp3) is 0. The number of urea groups is 1. The van der Waals surface area contributed by atoms with E-state index in [2.05, 4.69) is 15.3 Å². The number of carbonyl (C=O) groups excluding carboxylic acids is 2. The molecule has 3 aromatic rings. The van der Waals surface area contributed by atoms with E-state index in [0.717, 1.165) is 0 Å². The van der Waals surface area contributed by atoms with E-state index in [1.165, 1.54) is 6.20 Å². The third-order valence-electron chi connectivity index (χ3n) is 3.51. The average molecular weight is 392 g/mol. The molecule has 1 aromatic heterocycles. The van der Waals surface area contributed by atoms with Gasteiger partial charge in [0, 0.05) is 5.56 Å². The van der Waals surface area contributed by atoms with Crippen LogP contribution < -0.4 is 16.4 Å². The van der Waals surface area contributed by atoms with E-state index < -0.39 is 23.6 Å². The summed E-state index contributed by atoms with van der Waals surface area (Å²) in [5.74, 6) is -2.69. The molecule has 0 fully saturated rings. The lowest BCUT2D eigenvalue weighted by atomic mass is 10.1. The van der Waals surface area contributed by atoms with Crippen LogP contribution in [0.1, 0.15) is 10.4 Å². The molecule has 0 aliphatic heterocycles. The Hall–Kier alpha value is -3.46. The SMILES string of the molecule is Nc1cnc(-c2ccccc2NC(=O)NC(=O)c2cc(F)c(F)cc2Cl)[nH]1. The summed E-state index contributed by atoms with van der Waals surface area (Å²) in [5.41, 5.74) is 6.10. The Kier molecular flexibility index (Phi) is 5.04. The molecule has 0 spiro atoms. The molecule has 0 aliphatic carbocycles. The second-order valence-corrected chi connectivity index (χ2v) is 5.79. The van der Waals surface area contributed by atoms with Gasteiger partial charge in [0.25, 0.3) is 5.91 Å². The minimum absolute atomic E-state index is 0.328. The Morgan fingerprint density at radius 2 is 1.85 bits per heavy atom. The molecule has 0 radical (unpaired) electrons. The minimum Gasteiger partial charge on any atom is -0.384 e. The van der Waals surface area contributed by atoms with Crippen LogP contribution in [0, 0.1) is 11.6 Å². The lowest BCUT2D eigenvalue weighted by Gasteiger charge is -2.11. The number of rotatable bonds is 3. The van der Waals surface area contributed by atoms with Crippen molar-refractivity contribution < 1.29 is 18.4 Å². The van der Waals surface area contributed by atoms with Gasteiger partial charge in [-0.25, -0.2) is 18.6 Å². The number of imidazole rings is 1. The van der Waals surface area contributed by atoms with E-state index in [-0.39, 0.29) is 10.6 Å². The van der Waals surface area contributed by atoms with E-state index in [4.69, 9.17) is 17.3 Å². The van der Waals surface area contributed by atoms with Crippen molar-refractivity contribution in [2.24, 2.45) is 0 Å². The predicted octanol–water partition coefficient (Wildman–Crippen LogP) is 3.55. The molecule has 7 nitrogen and oxygen atoms in total. The molecule has 27 heavy (non-hydrogen) atoms. The largest absolute Gasteiger partial charge is 0.384 e. The van der Waals surface area contributed by atoms with Crippen LogP contribution in [-0.4, -0.2) is 21.9 Å². The molecule has 0 unspecified atom stereocenters. The average Bonchev–Trinajstić information content (AvgIpc) is 3.04. The fourth-order valence-electron chi connectivity index (χ4n) is 2.29. The van der Waals surface area contributed by atoms with Gasteiger partial charge < -0.3 is 16.0 Å². The van der Waals surface area contributed by atoms with Crippen molar-refractivity contribution >= 4 is 35.0 Å². The molecule has 2 aromatic carbocycles. The number of amides is 3. The Morgan fingerprint density at radius 1 is 1.15 bits per heavy atom. The Bertz CT molecular complexity index is 1040. The number of imide groups is 1. The molecular weight excluding hydrogens is 380 g/mol. The molecule has 0 atom stereocenters. The molecule has 10 heteroatoms. The molecular formula is C17H12ClF2N5O2. The van der Waals surface area contributed by atoms with Crippen LogP contribution >= 0.6 is 11.6 Å². The molecule has 138 valence electrons. The normalized spacial score (nSPS) is 10.5. The second-order valence-electron chi connectivity index (χ2n) is 5.39. The number of hydrogen-bond acceptors (Lipinski definition) is 4. The summed E-state index contributed by atoms with van der Waals surface area (Å²) in [6, 6.07) is 7.03. The molecule has 0 aliphatic rings. The van der Waals surface area contributed by atoms with Crippen LogP contribution in [0.4, 0.5) is 25.1 Å². The smallest absolute Gasteiger partial charge is 0.326 e. The standard InChI is InChI=1S/C17H12ClF2N5O2/c18-10-6-12(20)11(19)5-9(10)16(26)25-17(27)23-13-4-2-1-3-8(13)15-22-7-14(21)24-15/h1-7H,21H2,(H,22,24)(H2,23,25,26,27). The van der Waals surface area contributed by atoms with Crippen molar-refractivity contribution in [3.05, 3.63) is 64.8 Å². The van der Waals surface area contributed by atoms with E-state index in [0.29, 0.717) is 35.0 Å². The topological polar surface area (TPSA) is 113 Å². The third-order valence-corrected chi connectivity index (χ3v) is 3.82. The minimum atomic E-state index is -1.26. The Labute approximate surface area is 156 Å². The number of nitrogens with zero attached hydrogens (tertiary/aromatic N) is 1. The summed E-state index contributed by atoms with van der Waals surface area (Å²) < 4.78 is 26.4. The number of anilines is 2. The van der Waals surface area contributed by atoms with E-state index in [9.17, 15) is 18.4 Å². The number of hydrogen-bond donors (Lipinski definition) is 4. The van der Waals surface area contributed by atoms with Crippen molar-refractivity contribution in [1.82, 2.24) is 15.3 Å². The van der Waals surface area contributed by atoms with Gasteiger partial charge in [0.2, 0.25) is 0 Å². The number of carbonyl (C=O) groups is 2. The Morgan fingerprint density at radius 3 is 2.56 bits per heavy atom. The number of nitrogen functional groups attached to an aromatic ring is 1. The van der Waals surface area contributed by atoms with Gasteiger partial charge in [-0.05, 0) is 24.3 Å². The van der Waals surface area contributed by atoms with Crippen molar-refractivity contribution in [3.63, 3.8) is 0 Å². The highest BCUT2D eigenvalue weighted by Crippen LogP contribution is 2.26. The molecule has 0 saturated heterocycles. The van der Waals surface area contributed by atoms with Crippen LogP contribution in [0.5, 0.6) is 0 Å². The number of halogens is 3. The molecule has 1 heterocycles. The van der Waals surface area contributed by atoms with E-state index in [1.54, 1.807) is 24.3 Å². The maximum atomic E-state index is 13.3. The van der Waals surface area contributed by atoms with Crippen LogP contribution in [0.2, 0.25) is 5.02 Å². The van der Waals surface area contributed by atoms with E-state index in [1.807, 2.05) is 5.32 Å². The second kappa shape index (κ2) is 7.42. The third kappa shape index (κ3) is 4.04. The number of aromatic amines is 1. The van der Waals surface area contributed by atoms with Gasteiger partial charge in [-0.2, -0.15) is 0 Å². The highest BCUT2D eigenvalue weighted by Gasteiger charge is 2.18. The van der Waals surface area contributed by atoms with Crippen molar-refractivity contribution in [3.8, 4) is 11.4 Å². The van der Waals surface area contributed by atoms with Crippen molar-refractivity contribution in [1.29, 1.82) is 0 Å². The first-order valence-electron chi connectivity index (χ1n) is 7.52. The maximum absolute atomic E-state index is 13.3. The number of benzene rings is 2. The zero-order chi connectivity index (χ0) is 19.6. The zero-order valence-corrected chi connectivity index (χ0v) is 14.3. The molecule has 3 amide bonds. The number of nitrogens with two attached hydrogens (primary N) is 1. The lowest BCUT2D eigenvalue weighted by Crippen LogP contribution is -2.34. The van der Waals surface area contributed by atoms with Gasteiger partial charge in [0.05, 0.1) is 22.5 Å². The lowest BCUT2D eigenvalue weighted by molar-refractivity contribution is 0.0966. The monoisotopic (exact) mass is 391 g/mol. The molecule has 5 N–H and O–H groups in total. The van der Waals surface area contributed by atoms with Gasteiger partial charge in [-0.1, -0.05) is 23.7 Å². The van der Waals surface area contributed by atoms with Gasteiger partial charge >= 0.3 is 6.03 Å². The number of aromatic nitrogens is 2. The highest BCUT2D eigenvalue weighted by molar-refractivity contribution is 6.34. The van der Waals surface area contributed by atoms with Gasteiger partial charge in [0.1, 0.15) is 11.6 Å². The van der Waals surface area contributed by atoms with Gasteiger partial charge in [0.15, 0.2) is 11.6 Å². The first-order chi connectivity index (χ1) is 12.8. The summed E-state index contributed by atoms with van der Waals surface area (Å²) in [6.07, 6.45) is 1.42. The maximum Gasteiger partial charge on any atom is 0.326 e. The van der Waals surface area contributed by atoms with Gasteiger partial charge in [-0.15, -0.1) is 0 Å². The summed E-state index contributed by atoms with van der Waals surface area (Å²) in [7, 11) is 0. The van der Waals surface area contributed by atoms with Crippen molar-refractivity contribution in [2.45, 2.75) is 0 Å². The van der Waals surface area contributed by atoms with E-state index >= 15 is 0 Å². The first kappa shape index (κ1) is 18.3. The number of H-pyrrole nitrogens is 1. The summed E-state index contributed by atoms with van der Waals surface area (Å²) in [5, 5.41) is 4.15. The quantitative estimate of drug-likeness (QED) is 0.511. The number of para-hydroxylation sites is 1. The predicted molar refractivity (Wildman–Crippen MR) is 96.3 cm³/mol. The van der Waals surface area contributed by atoms with Crippen LogP contribution in [-0.2, 0) is 0 Å². The molecule has 3 rings (SSSR count). The summed E-state index contributed by atoms with van der Waals surface area (Å²) in [4.78, 5) is 31.1. The summed E-state index contributed by atoms with van der Waals surface area (Å²) >= 11 is 5.72. The van der Waals surface area contributed by atoms with Crippen LogP contribution in [0.25, 0.3) is 11.4 Å². The number of nitrogens with one attached hydrogen (secondary N) is 3. The summed E-state index contributed by atoms with van der Waals surface area (Å²) in [6.45, 7) is 0. The zero-order valence-electron chi connectivity index (χ0n) is 13.5. The Balaban J connectivity index is 1.77. The van der Waals surface area contributed by atoms with Crippen molar-refractivity contribution in [2.75, 3.05) is 11.1 Å². The molecule has 0 saturated carbocycles. The fourth-order valence-corrected chi connectivity index (χ4v) is 2.53.